The highest BCUT2D eigenvalue weighted by Crippen LogP contribution is 2.09. The molecule has 0 aromatic carbocycles. The predicted octanol–water partition coefficient (Wildman–Crippen LogP) is -0.756. The van der Waals surface area contributed by atoms with Crippen molar-refractivity contribution in [2.75, 3.05) is 73.3 Å². The molecule has 0 aliphatic carbocycles. The fourth-order valence-electron chi connectivity index (χ4n) is 2.33. The number of nitrogens with zero attached hydrogens (tertiary/aromatic N) is 3. The van der Waals surface area contributed by atoms with Gasteiger partial charge >= 0.3 is 6.03 Å². The van der Waals surface area contributed by atoms with Crippen LogP contribution in [0, 0.1) is 0 Å². The maximum Gasteiger partial charge on any atom is 0.320 e. The zero-order valence-electron chi connectivity index (χ0n) is 13.3. The average Bonchev–Trinajstić information content (AvgIpc) is 2.78. The summed E-state index contributed by atoms with van der Waals surface area (Å²) < 4.78 is 16.3. The lowest BCUT2D eigenvalue weighted by Crippen LogP contribution is -2.50. The Bertz CT molecular complexity index is 385. The Kier molecular flexibility index (Phi) is 6.41. The minimum Gasteiger partial charge on any atom is -0.378 e. The maximum atomic E-state index is 12.5. The fraction of sp³-hybridized carbons (Fsp3) is 0.857. The van der Waals surface area contributed by atoms with Gasteiger partial charge in [0, 0.05) is 33.7 Å². The molecule has 0 aromatic heterocycles. The van der Waals surface area contributed by atoms with Crippen molar-refractivity contribution in [1.29, 1.82) is 0 Å². The molecule has 0 N–H and O–H groups in total. The molecule has 2 aliphatic heterocycles. The smallest absolute Gasteiger partial charge is 0.320 e. The van der Waals surface area contributed by atoms with Gasteiger partial charge in [-0.05, 0) is 0 Å². The van der Waals surface area contributed by atoms with Crippen LogP contribution in [0.1, 0.15) is 0 Å². The lowest BCUT2D eigenvalue weighted by atomic mass is 10.3. The van der Waals surface area contributed by atoms with Gasteiger partial charge in [-0.3, -0.25) is 4.79 Å². The van der Waals surface area contributed by atoms with Crippen molar-refractivity contribution in [3.63, 3.8) is 0 Å². The molecule has 22 heavy (non-hydrogen) atoms. The lowest BCUT2D eigenvalue weighted by molar-refractivity contribution is -0.136. The average molecular weight is 315 g/mol. The van der Waals surface area contributed by atoms with Gasteiger partial charge in [-0.1, -0.05) is 0 Å². The highest BCUT2D eigenvalue weighted by molar-refractivity contribution is 5.77. The minimum absolute atomic E-state index is 0.000607. The van der Waals surface area contributed by atoms with Gasteiger partial charge < -0.3 is 28.9 Å². The topological polar surface area (TPSA) is 71.6 Å². The highest BCUT2D eigenvalue weighted by atomic mass is 16.5. The van der Waals surface area contributed by atoms with E-state index >= 15 is 0 Å². The second kappa shape index (κ2) is 8.30. The first-order chi connectivity index (χ1) is 10.6. The molecule has 1 unspecified atom stereocenters. The highest BCUT2D eigenvalue weighted by Gasteiger charge is 2.27. The Balaban J connectivity index is 1.86. The van der Waals surface area contributed by atoms with Crippen LogP contribution in [0.3, 0.4) is 0 Å². The van der Waals surface area contributed by atoms with Crippen molar-refractivity contribution in [2.45, 2.75) is 6.10 Å². The summed E-state index contributed by atoms with van der Waals surface area (Å²) in [5, 5.41) is 0. The van der Waals surface area contributed by atoms with Crippen molar-refractivity contribution >= 4 is 11.9 Å². The van der Waals surface area contributed by atoms with Crippen LogP contribution >= 0.6 is 0 Å². The summed E-state index contributed by atoms with van der Waals surface area (Å²) in [6.45, 7) is 4.24. The van der Waals surface area contributed by atoms with Crippen molar-refractivity contribution in [1.82, 2.24) is 14.7 Å². The normalized spacial score (nSPS) is 23.1. The third kappa shape index (κ3) is 4.82. The van der Waals surface area contributed by atoms with Gasteiger partial charge in [0.05, 0.1) is 39.1 Å². The SMILES string of the molecule is CN(C)C(=O)COC1COCCN(C(=O)N2CCOCC2)C1. The van der Waals surface area contributed by atoms with Crippen molar-refractivity contribution in [3.8, 4) is 0 Å². The molecule has 0 aromatic rings. The summed E-state index contributed by atoms with van der Waals surface area (Å²) in [6.07, 6.45) is -0.281. The van der Waals surface area contributed by atoms with E-state index in [1.165, 1.54) is 4.90 Å². The van der Waals surface area contributed by atoms with E-state index in [-0.39, 0.29) is 24.6 Å². The second-order valence-electron chi connectivity index (χ2n) is 5.62. The number of carbonyl (C=O) groups excluding carboxylic acids is 2. The molecule has 2 rings (SSSR count). The molecular weight excluding hydrogens is 290 g/mol. The summed E-state index contributed by atoms with van der Waals surface area (Å²) in [7, 11) is 3.37. The van der Waals surface area contributed by atoms with Crippen LogP contribution in [-0.4, -0.2) is 106 Å². The van der Waals surface area contributed by atoms with E-state index in [0.717, 1.165) is 0 Å². The Morgan fingerprint density at radius 3 is 2.41 bits per heavy atom. The van der Waals surface area contributed by atoms with Crippen LogP contribution in [0.25, 0.3) is 0 Å². The monoisotopic (exact) mass is 315 g/mol. The lowest BCUT2D eigenvalue weighted by Gasteiger charge is -2.33. The molecule has 3 amide bonds. The van der Waals surface area contributed by atoms with Crippen LogP contribution in [0.2, 0.25) is 0 Å². The maximum absolute atomic E-state index is 12.5. The molecule has 8 nitrogen and oxygen atoms in total. The van der Waals surface area contributed by atoms with Gasteiger partial charge in [-0.25, -0.2) is 4.79 Å². The van der Waals surface area contributed by atoms with Crippen molar-refractivity contribution in [2.24, 2.45) is 0 Å². The number of likely N-dealkylation sites (N-methyl/N-ethyl adjacent to an activating group) is 1. The van der Waals surface area contributed by atoms with Crippen LogP contribution in [0.15, 0.2) is 0 Å². The number of hydrogen-bond acceptors (Lipinski definition) is 5. The van der Waals surface area contributed by atoms with Crippen LogP contribution in [-0.2, 0) is 19.0 Å². The molecular formula is C14H25N3O5. The number of carbonyl (C=O) groups is 2. The molecule has 2 heterocycles. The fourth-order valence-corrected chi connectivity index (χ4v) is 2.33. The van der Waals surface area contributed by atoms with Gasteiger partial charge in [0.15, 0.2) is 0 Å². The second-order valence-corrected chi connectivity index (χ2v) is 5.62. The summed E-state index contributed by atoms with van der Waals surface area (Å²) in [5.41, 5.74) is 0. The first kappa shape index (κ1) is 17.0. The molecule has 126 valence electrons. The molecule has 0 saturated carbocycles. The number of urea groups is 1. The first-order valence-corrected chi connectivity index (χ1v) is 7.59. The van der Waals surface area contributed by atoms with E-state index in [9.17, 15) is 9.59 Å². The summed E-state index contributed by atoms with van der Waals surface area (Å²) in [6, 6.07) is -0.0127. The molecule has 0 bridgehead atoms. The van der Waals surface area contributed by atoms with Gasteiger partial charge in [-0.15, -0.1) is 0 Å². The molecule has 1 atom stereocenters. The largest absolute Gasteiger partial charge is 0.378 e. The molecule has 0 spiro atoms. The number of rotatable bonds is 3. The molecule has 2 aliphatic rings. The summed E-state index contributed by atoms with van der Waals surface area (Å²) in [5.74, 6) is -0.102. The Hall–Kier alpha value is -1.38. The van der Waals surface area contributed by atoms with E-state index in [1.807, 2.05) is 0 Å². The molecule has 0 radical (unpaired) electrons. The Morgan fingerprint density at radius 2 is 1.73 bits per heavy atom. The van der Waals surface area contributed by atoms with Crippen molar-refractivity contribution < 1.29 is 23.8 Å². The molecule has 2 fully saturated rings. The van der Waals surface area contributed by atoms with Crippen LogP contribution in [0.5, 0.6) is 0 Å². The van der Waals surface area contributed by atoms with Gasteiger partial charge in [-0.2, -0.15) is 0 Å². The quantitative estimate of drug-likeness (QED) is 0.685. The summed E-state index contributed by atoms with van der Waals surface area (Å²) in [4.78, 5) is 29.1. The third-order valence-electron chi connectivity index (χ3n) is 3.73. The molecule has 2 saturated heterocycles. The summed E-state index contributed by atoms with van der Waals surface area (Å²) >= 11 is 0. The van der Waals surface area contributed by atoms with Gasteiger partial charge in [0.1, 0.15) is 6.61 Å². The zero-order valence-corrected chi connectivity index (χ0v) is 13.3. The van der Waals surface area contributed by atoms with Gasteiger partial charge in [0.25, 0.3) is 0 Å². The minimum atomic E-state index is -0.281. The number of hydrogen-bond donors (Lipinski definition) is 0. The van der Waals surface area contributed by atoms with E-state index < -0.39 is 0 Å². The predicted molar refractivity (Wildman–Crippen MR) is 78.6 cm³/mol. The standard InChI is InChI=1S/C14H25N3O5/c1-15(2)13(18)11-22-12-9-17(5-8-21-10-12)14(19)16-3-6-20-7-4-16/h12H,3-11H2,1-2H3. The van der Waals surface area contributed by atoms with E-state index in [0.29, 0.717) is 52.6 Å². The third-order valence-corrected chi connectivity index (χ3v) is 3.73. The Labute approximate surface area is 130 Å². The zero-order chi connectivity index (χ0) is 15.9. The van der Waals surface area contributed by atoms with Crippen LogP contribution in [0.4, 0.5) is 4.79 Å². The van der Waals surface area contributed by atoms with E-state index in [2.05, 4.69) is 0 Å². The van der Waals surface area contributed by atoms with Gasteiger partial charge in [0.2, 0.25) is 5.91 Å². The van der Waals surface area contributed by atoms with E-state index in [4.69, 9.17) is 14.2 Å². The Morgan fingerprint density at radius 1 is 1.09 bits per heavy atom. The molecule has 8 heteroatoms. The number of morpholine rings is 1. The first-order valence-electron chi connectivity index (χ1n) is 7.59. The van der Waals surface area contributed by atoms with Crippen LogP contribution < -0.4 is 0 Å². The number of ether oxygens (including phenoxy) is 3. The van der Waals surface area contributed by atoms with Crippen molar-refractivity contribution in [3.05, 3.63) is 0 Å². The van der Waals surface area contributed by atoms with E-state index in [1.54, 1.807) is 23.9 Å². The number of amides is 3.